The van der Waals surface area contributed by atoms with E-state index >= 15 is 0 Å². The number of aromatic nitrogens is 2. The summed E-state index contributed by atoms with van der Waals surface area (Å²) in [5, 5.41) is 3.21. The Morgan fingerprint density at radius 3 is 2.58 bits per heavy atom. The molecule has 7 heteroatoms. The summed E-state index contributed by atoms with van der Waals surface area (Å²) in [5.74, 6) is -0.00461. The average Bonchev–Trinajstić information content (AvgIpc) is 2.88. The third-order valence-electron chi connectivity index (χ3n) is 4.32. The monoisotopic (exact) mass is 349 g/mol. The molecule has 2 aromatic rings. The van der Waals surface area contributed by atoms with Crippen LogP contribution in [0.15, 0.2) is 35.1 Å². The summed E-state index contributed by atoms with van der Waals surface area (Å²) in [6.45, 7) is 3.49. The maximum atomic E-state index is 13.0. The topological polar surface area (TPSA) is 73.1 Å². The van der Waals surface area contributed by atoms with Crippen molar-refractivity contribution < 1.29 is 8.42 Å². The minimum absolute atomic E-state index is 0.00461. The van der Waals surface area contributed by atoms with Crippen molar-refractivity contribution in [3.05, 3.63) is 40.8 Å². The first kappa shape index (κ1) is 17.0. The number of nitrogens with one attached hydrogen (secondary N) is 1. The zero-order chi connectivity index (χ0) is 17.2. The SMILES string of the molecule is CCCCCS(=O)(=O)n1c(=O)n(C2=CCNCC2)c2ccccc21. The van der Waals surface area contributed by atoms with Crippen molar-refractivity contribution in [3.63, 3.8) is 0 Å². The van der Waals surface area contributed by atoms with Crippen LogP contribution in [0.3, 0.4) is 0 Å². The molecule has 1 aromatic carbocycles. The first-order chi connectivity index (χ1) is 11.6. The molecule has 1 aromatic heterocycles. The Bertz CT molecular complexity index is 922. The third kappa shape index (κ3) is 3.06. The van der Waals surface area contributed by atoms with Gasteiger partial charge in [-0.25, -0.2) is 13.2 Å². The van der Waals surface area contributed by atoms with E-state index in [9.17, 15) is 13.2 Å². The predicted octanol–water partition coefficient (Wildman–Crippen LogP) is 2.01. The Balaban J connectivity index is 2.17. The molecule has 0 saturated carbocycles. The molecule has 0 amide bonds. The number of nitrogens with zero attached hydrogens (tertiary/aromatic N) is 2. The van der Waals surface area contributed by atoms with Crippen LogP contribution in [-0.4, -0.2) is 35.8 Å². The first-order valence-electron chi connectivity index (χ1n) is 8.42. The van der Waals surface area contributed by atoms with Gasteiger partial charge in [0.25, 0.3) is 0 Å². The lowest BCUT2D eigenvalue weighted by molar-refractivity contribution is 0.581. The zero-order valence-corrected chi connectivity index (χ0v) is 14.7. The second-order valence-corrected chi connectivity index (χ2v) is 7.98. The smallest absolute Gasteiger partial charge is 0.313 e. The molecular weight excluding hydrogens is 326 g/mol. The highest BCUT2D eigenvalue weighted by atomic mass is 32.2. The number of para-hydroxylation sites is 2. The lowest BCUT2D eigenvalue weighted by atomic mass is 10.2. The Hall–Kier alpha value is -1.86. The second-order valence-electron chi connectivity index (χ2n) is 6.04. The minimum atomic E-state index is -3.67. The molecule has 6 nitrogen and oxygen atoms in total. The van der Waals surface area contributed by atoms with Crippen LogP contribution in [0.5, 0.6) is 0 Å². The van der Waals surface area contributed by atoms with E-state index in [1.54, 1.807) is 22.8 Å². The number of benzene rings is 1. The van der Waals surface area contributed by atoms with Gasteiger partial charge < -0.3 is 5.32 Å². The van der Waals surface area contributed by atoms with Gasteiger partial charge in [0.05, 0.1) is 16.8 Å². The summed E-state index contributed by atoms with van der Waals surface area (Å²) in [4.78, 5) is 13.0. The van der Waals surface area contributed by atoms with Gasteiger partial charge in [-0.05, 0) is 18.6 Å². The molecule has 1 aliphatic heterocycles. The van der Waals surface area contributed by atoms with Gasteiger partial charge in [0, 0.05) is 25.2 Å². The fraction of sp³-hybridized carbons (Fsp3) is 0.471. The van der Waals surface area contributed by atoms with E-state index in [1.165, 1.54) is 0 Å². The van der Waals surface area contributed by atoms with Crippen molar-refractivity contribution in [2.45, 2.75) is 32.6 Å². The lowest BCUT2D eigenvalue weighted by Crippen LogP contribution is -2.32. The van der Waals surface area contributed by atoms with Gasteiger partial charge in [0.1, 0.15) is 0 Å². The molecule has 0 aliphatic carbocycles. The van der Waals surface area contributed by atoms with Crippen LogP contribution in [0.25, 0.3) is 16.7 Å². The van der Waals surface area contributed by atoms with Crippen LogP contribution in [0.4, 0.5) is 0 Å². The van der Waals surface area contributed by atoms with E-state index in [-0.39, 0.29) is 5.75 Å². The Labute approximate surface area is 141 Å². The minimum Gasteiger partial charge on any atom is -0.313 e. The molecule has 1 N–H and O–H groups in total. The molecule has 130 valence electrons. The van der Waals surface area contributed by atoms with Gasteiger partial charge in [-0.2, -0.15) is 3.97 Å². The molecule has 1 aliphatic rings. The van der Waals surface area contributed by atoms with Gasteiger partial charge in [0.2, 0.25) is 10.0 Å². The number of unbranched alkanes of at least 4 members (excludes halogenated alkanes) is 2. The van der Waals surface area contributed by atoms with Gasteiger partial charge in [0.15, 0.2) is 0 Å². The van der Waals surface area contributed by atoms with Gasteiger partial charge in [-0.3, -0.25) is 4.57 Å². The second kappa shape index (κ2) is 6.94. The molecule has 24 heavy (non-hydrogen) atoms. The van der Waals surface area contributed by atoms with Gasteiger partial charge in [-0.15, -0.1) is 0 Å². The molecule has 2 heterocycles. The molecule has 0 unspecified atom stereocenters. The third-order valence-corrected chi connectivity index (χ3v) is 6.03. The molecule has 0 saturated heterocycles. The van der Waals surface area contributed by atoms with E-state index in [2.05, 4.69) is 5.32 Å². The van der Waals surface area contributed by atoms with Crippen LogP contribution in [0, 0.1) is 0 Å². The summed E-state index contributed by atoms with van der Waals surface area (Å²) in [7, 11) is -3.67. The number of imidazole rings is 1. The largest absolute Gasteiger partial charge is 0.347 e. The Morgan fingerprint density at radius 1 is 1.17 bits per heavy atom. The summed E-state index contributed by atoms with van der Waals surface area (Å²) in [6.07, 6.45) is 4.99. The zero-order valence-electron chi connectivity index (χ0n) is 13.9. The van der Waals surface area contributed by atoms with E-state index in [4.69, 9.17) is 0 Å². The number of hydrogen-bond acceptors (Lipinski definition) is 4. The Kier molecular flexibility index (Phi) is 4.91. The highest BCUT2D eigenvalue weighted by Crippen LogP contribution is 2.21. The normalized spacial score (nSPS) is 15.6. The fourth-order valence-corrected chi connectivity index (χ4v) is 4.63. The maximum absolute atomic E-state index is 13.0. The van der Waals surface area contributed by atoms with Crippen LogP contribution < -0.4 is 11.0 Å². The van der Waals surface area contributed by atoms with Crippen molar-refractivity contribution in [2.75, 3.05) is 18.8 Å². The quantitative estimate of drug-likeness (QED) is 0.810. The number of rotatable bonds is 6. The van der Waals surface area contributed by atoms with Crippen molar-refractivity contribution in [3.8, 4) is 0 Å². The van der Waals surface area contributed by atoms with Crippen LogP contribution in [-0.2, 0) is 10.0 Å². The predicted molar refractivity (Wildman–Crippen MR) is 96.7 cm³/mol. The summed E-state index contributed by atoms with van der Waals surface area (Å²) in [5.41, 5.74) is 1.48. The van der Waals surface area contributed by atoms with Crippen molar-refractivity contribution in [1.29, 1.82) is 0 Å². The van der Waals surface area contributed by atoms with E-state index < -0.39 is 15.7 Å². The van der Waals surface area contributed by atoms with Crippen molar-refractivity contribution in [1.82, 2.24) is 13.9 Å². The number of hydrogen-bond donors (Lipinski definition) is 1. The maximum Gasteiger partial charge on any atom is 0.347 e. The van der Waals surface area contributed by atoms with Gasteiger partial charge in [-0.1, -0.05) is 38.0 Å². The highest BCUT2D eigenvalue weighted by molar-refractivity contribution is 7.90. The molecule has 0 atom stereocenters. The lowest BCUT2D eigenvalue weighted by Gasteiger charge is -2.14. The standard InChI is InChI=1S/C17H23N3O3S/c1-2-3-6-13-24(22,23)20-16-8-5-4-7-15(16)19(17(20)21)14-9-11-18-12-10-14/h4-5,7-9,18H,2-3,6,10-13H2,1H3. The summed E-state index contributed by atoms with van der Waals surface area (Å²) >= 11 is 0. The van der Waals surface area contributed by atoms with Crippen LogP contribution >= 0.6 is 0 Å². The Morgan fingerprint density at radius 2 is 1.92 bits per heavy atom. The van der Waals surface area contributed by atoms with Crippen LogP contribution in [0.2, 0.25) is 0 Å². The number of fused-ring (bicyclic) bond motifs is 1. The summed E-state index contributed by atoms with van der Waals surface area (Å²) < 4.78 is 28.0. The van der Waals surface area contributed by atoms with E-state index in [1.807, 2.05) is 19.1 Å². The molecule has 0 radical (unpaired) electrons. The van der Waals surface area contributed by atoms with Crippen LogP contribution in [0.1, 0.15) is 32.6 Å². The molecule has 0 bridgehead atoms. The molecular formula is C17H23N3O3S. The fourth-order valence-electron chi connectivity index (χ4n) is 3.11. The highest BCUT2D eigenvalue weighted by Gasteiger charge is 2.24. The van der Waals surface area contributed by atoms with E-state index in [0.717, 1.165) is 29.1 Å². The molecule has 0 spiro atoms. The molecule has 0 fully saturated rings. The summed E-state index contributed by atoms with van der Waals surface area (Å²) in [6, 6.07) is 7.10. The molecule has 3 rings (SSSR count). The van der Waals surface area contributed by atoms with Crippen molar-refractivity contribution >= 4 is 26.8 Å². The van der Waals surface area contributed by atoms with Gasteiger partial charge >= 0.3 is 5.69 Å². The average molecular weight is 349 g/mol. The van der Waals surface area contributed by atoms with Crippen molar-refractivity contribution in [2.24, 2.45) is 0 Å². The first-order valence-corrected chi connectivity index (χ1v) is 10.0. The van der Waals surface area contributed by atoms with E-state index in [0.29, 0.717) is 30.4 Å².